The van der Waals surface area contributed by atoms with Crippen molar-refractivity contribution in [1.82, 2.24) is 20.1 Å². The van der Waals surface area contributed by atoms with Gasteiger partial charge in [-0.2, -0.15) is 5.10 Å². The first-order valence-corrected chi connectivity index (χ1v) is 7.70. The average Bonchev–Trinajstić information content (AvgIpc) is 2.96. The zero-order valence-electron chi connectivity index (χ0n) is 12.0. The van der Waals surface area contributed by atoms with Crippen molar-refractivity contribution < 1.29 is 0 Å². The molecule has 5 heteroatoms. The van der Waals surface area contributed by atoms with Crippen molar-refractivity contribution in [3.8, 4) is 17.1 Å². The van der Waals surface area contributed by atoms with E-state index >= 15 is 0 Å². The lowest BCUT2D eigenvalue weighted by Crippen LogP contribution is -2.24. The lowest BCUT2D eigenvalue weighted by atomic mass is 10.0. The van der Waals surface area contributed by atoms with Crippen molar-refractivity contribution in [3.63, 3.8) is 0 Å². The molecule has 0 spiro atoms. The highest BCUT2D eigenvalue weighted by Crippen LogP contribution is 2.33. The fraction of sp³-hybridized carbons (Fsp3) is 0.176. The van der Waals surface area contributed by atoms with Crippen LogP contribution in [0.4, 0.5) is 0 Å². The summed E-state index contributed by atoms with van der Waals surface area (Å²) in [5.74, 6) is 0.846. The minimum absolute atomic E-state index is 0.724. The Bertz CT molecular complexity index is 811. The highest BCUT2D eigenvalue weighted by Gasteiger charge is 2.23. The number of pyridine rings is 1. The number of hydrogen-bond donors (Lipinski definition) is 1. The highest BCUT2D eigenvalue weighted by molar-refractivity contribution is 6.33. The molecule has 4 nitrogen and oxygen atoms in total. The predicted molar refractivity (Wildman–Crippen MR) is 87.2 cm³/mol. The van der Waals surface area contributed by atoms with Gasteiger partial charge < -0.3 is 5.32 Å². The number of nitrogens with one attached hydrogen (secondary N) is 1. The Labute approximate surface area is 133 Å². The van der Waals surface area contributed by atoms with Gasteiger partial charge in [0, 0.05) is 36.8 Å². The van der Waals surface area contributed by atoms with Crippen molar-refractivity contribution in [2.45, 2.75) is 13.0 Å². The lowest BCUT2D eigenvalue weighted by molar-refractivity contribution is 0.620. The molecule has 3 heterocycles. The molecule has 1 aromatic carbocycles. The first-order valence-electron chi connectivity index (χ1n) is 7.32. The van der Waals surface area contributed by atoms with Crippen molar-refractivity contribution in [1.29, 1.82) is 0 Å². The van der Waals surface area contributed by atoms with Gasteiger partial charge in [-0.25, -0.2) is 9.67 Å². The Kier molecular flexibility index (Phi) is 3.41. The largest absolute Gasteiger partial charge is 0.312 e. The van der Waals surface area contributed by atoms with Crippen LogP contribution in [-0.4, -0.2) is 21.3 Å². The van der Waals surface area contributed by atoms with Gasteiger partial charge in [-0.15, -0.1) is 0 Å². The molecule has 0 amide bonds. The number of rotatable bonds is 2. The number of fused-ring (bicyclic) bond motifs is 1. The summed E-state index contributed by atoms with van der Waals surface area (Å²) >= 11 is 6.37. The molecule has 0 saturated carbocycles. The summed E-state index contributed by atoms with van der Waals surface area (Å²) in [5, 5.41) is 8.97. The van der Waals surface area contributed by atoms with E-state index in [9.17, 15) is 0 Å². The molecule has 1 aliphatic heterocycles. The Morgan fingerprint density at radius 3 is 2.77 bits per heavy atom. The number of nitrogens with zero attached hydrogens (tertiary/aromatic N) is 3. The van der Waals surface area contributed by atoms with Gasteiger partial charge in [-0.3, -0.25) is 0 Å². The van der Waals surface area contributed by atoms with Gasteiger partial charge in [0.2, 0.25) is 0 Å². The molecule has 2 aromatic heterocycles. The third kappa shape index (κ3) is 2.21. The van der Waals surface area contributed by atoms with E-state index in [0.717, 1.165) is 41.6 Å². The van der Waals surface area contributed by atoms with Crippen LogP contribution in [0, 0.1) is 0 Å². The van der Waals surface area contributed by atoms with Crippen LogP contribution in [0.15, 0.2) is 48.7 Å². The second-order valence-electron chi connectivity index (χ2n) is 5.28. The van der Waals surface area contributed by atoms with E-state index < -0.39 is 0 Å². The van der Waals surface area contributed by atoms with Gasteiger partial charge in [-0.05, 0) is 18.2 Å². The Balaban J connectivity index is 1.94. The monoisotopic (exact) mass is 310 g/mol. The molecule has 0 aliphatic carbocycles. The third-order valence-corrected chi connectivity index (χ3v) is 4.26. The Morgan fingerprint density at radius 2 is 1.95 bits per heavy atom. The summed E-state index contributed by atoms with van der Waals surface area (Å²) in [4.78, 5) is 4.43. The van der Waals surface area contributed by atoms with E-state index in [1.807, 2.05) is 47.1 Å². The van der Waals surface area contributed by atoms with Gasteiger partial charge in [-0.1, -0.05) is 35.9 Å². The molecule has 1 aliphatic rings. The van der Waals surface area contributed by atoms with Crippen molar-refractivity contribution in [3.05, 3.63) is 64.9 Å². The average molecular weight is 311 g/mol. The normalized spacial score (nSPS) is 13.9. The molecule has 1 N–H and O–H groups in total. The van der Waals surface area contributed by atoms with Crippen molar-refractivity contribution in [2.24, 2.45) is 0 Å². The van der Waals surface area contributed by atoms with Crippen LogP contribution in [-0.2, 0) is 13.0 Å². The van der Waals surface area contributed by atoms with E-state index in [4.69, 9.17) is 16.7 Å². The van der Waals surface area contributed by atoms with Gasteiger partial charge >= 0.3 is 0 Å². The third-order valence-electron chi connectivity index (χ3n) is 3.93. The maximum absolute atomic E-state index is 6.37. The van der Waals surface area contributed by atoms with Crippen LogP contribution >= 0.6 is 11.6 Å². The topological polar surface area (TPSA) is 42.7 Å². The molecule has 0 fully saturated rings. The predicted octanol–water partition coefficient (Wildman–Crippen LogP) is 3.23. The molecule has 3 aromatic rings. The van der Waals surface area contributed by atoms with Crippen LogP contribution in [0.1, 0.15) is 11.3 Å². The Hall–Kier alpha value is -2.17. The van der Waals surface area contributed by atoms with Crippen LogP contribution < -0.4 is 5.32 Å². The minimum atomic E-state index is 0.724. The molecule has 0 bridgehead atoms. The van der Waals surface area contributed by atoms with Crippen LogP contribution in [0.25, 0.3) is 17.1 Å². The first-order chi connectivity index (χ1) is 10.8. The highest BCUT2D eigenvalue weighted by atomic mass is 35.5. The first kappa shape index (κ1) is 13.5. The number of aromatic nitrogens is 3. The zero-order valence-corrected chi connectivity index (χ0v) is 12.7. The molecule has 0 atom stereocenters. The molecule has 22 heavy (non-hydrogen) atoms. The summed E-state index contributed by atoms with van der Waals surface area (Å²) in [6.45, 7) is 1.76. The van der Waals surface area contributed by atoms with Gasteiger partial charge in [0.05, 0.1) is 16.4 Å². The molecule has 0 radical (unpaired) electrons. The SMILES string of the molecule is Clc1ccccc1-c1nn(-c2ccccn2)c2c1CNCC2. The van der Waals surface area contributed by atoms with E-state index in [-0.39, 0.29) is 0 Å². The molecule has 0 saturated heterocycles. The standard InChI is InChI=1S/C17H15ClN4/c18-14-6-2-1-5-12(14)17-13-11-19-10-8-15(13)22(21-17)16-7-3-4-9-20-16/h1-7,9,19H,8,10-11H2. The molecular formula is C17H15ClN4. The minimum Gasteiger partial charge on any atom is -0.312 e. The van der Waals surface area contributed by atoms with Crippen molar-refractivity contribution >= 4 is 11.6 Å². The maximum atomic E-state index is 6.37. The molecule has 4 rings (SSSR count). The second-order valence-corrected chi connectivity index (χ2v) is 5.69. The fourth-order valence-corrected chi connectivity index (χ4v) is 3.11. The van der Waals surface area contributed by atoms with Crippen LogP contribution in [0.2, 0.25) is 5.02 Å². The summed E-state index contributed by atoms with van der Waals surface area (Å²) in [6, 6.07) is 13.7. The fourth-order valence-electron chi connectivity index (χ4n) is 2.89. The summed E-state index contributed by atoms with van der Waals surface area (Å²) in [7, 11) is 0. The number of halogens is 1. The summed E-state index contributed by atoms with van der Waals surface area (Å²) in [5.41, 5.74) is 4.34. The quantitative estimate of drug-likeness (QED) is 0.790. The summed E-state index contributed by atoms with van der Waals surface area (Å²) < 4.78 is 1.95. The van der Waals surface area contributed by atoms with Crippen LogP contribution in [0.5, 0.6) is 0 Å². The molecule has 110 valence electrons. The van der Waals surface area contributed by atoms with Gasteiger partial charge in [0.25, 0.3) is 0 Å². The lowest BCUT2D eigenvalue weighted by Gasteiger charge is -2.15. The summed E-state index contributed by atoms with van der Waals surface area (Å²) in [6.07, 6.45) is 2.73. The van der Waals surface area contributed by atoms with Crippen LogP contribution in [0.3, 0.4) is 0 Å². The molecule has 0 unspecified atom stereocenters. The van der Waals surface area contributed by atoms with E-state index in [1.54, 1.807) is 6.20 Å². The van der Waals surface area contributed by atoms with E-state index in [2.05, 4.69) is 10.3 Å². The van der Waals surface area contributed by atoms with Gasteiger partial charge in [0.15, 0.2) is 5.82 Å². The second kappa shape index (κ2) is 5.55. The maximum Gasteiger partial charge on any atom is 0.153 e. The molecular weight excluding hydrogens is 296 g/mol. The van der Waals surface area contributed by atoms with Gasteiger partial charge in [0.1, 0.15) is 0 Å². The van der Waals surface area contributed by atoms with E-state index in [1.165, 1.54) is 11.3 Å². The zero-order chi connectivity index (χ0) is 14.9. The van der Waals surface area contributed by atoms with Crippen molar-refractivity contribution in [2.75, 3.05) is 6.54 Å². The number of hydrogen-bond acceptors (Lipinski definition) is 3. The smallest absolute Gasteiger partial charge is 0.153 e. The number of benzene rings is 1. The van der Waals surface area contributed by atoms with E-state index in [0.29, 0.717) is 0 Å². The Morgan fingerprint density at radius 1 is 1.09 bits per heavy atom.